The summed E-state index contributed by atoms with van der Waals surface area (Å²) >= 11 is 0. The Morgan fingerprint density at radius 1 is 1.14 bits per heavy atom. The molecular formula is C17H20N4O. The van der Waals surface area contributed by atoms with E-state index in [0.717, 1.165) is 37.1 Å². The Bertz CT molecular complexity index is 621. The van der Waals surface area contributed by atoms with Gasteiger partial charge < -0.3 is 10.6 Å². The fourth-order valence-electron chi connectivity index (χ4n) is 2.75. The zero-order valence-corrected chi connectivity index (χ0v) is 12.5. The molecule has 5 nitrogen and oxygen atoms in total. The molecule has 0 unspecified atom stereocenters. The van der Waals surface area contributed by atoms with Gasteiger partial charge in [0.15, 0.2) is 5.82 Å². The van der Waals surface area contributed by atoms with Crippen molar-refractivity contribution in [2.45, 2.75) is 25.3 Å². The van der Waals surface area contributed by atoms with E-state index in [1.165, 1.54) is 0 Å². The quantitative estimate of drug-likeness (QED) is 0.931. The summed E-state index contributed by atoms with van der Waals surface area (Å²) in [6, 6.07) is 9.25. The van der Waals surface area contributed by atoms with Crippen molar-refractivity contribution in [2.75, 3.05) is 13.1 Å². The normalized spacial score (nSPS) is 15.8. The highest BCUT2D eigenvalue weighted by molar-refractivity contribution is 5.82. The van der Waals surface area contributed by atoms with E-state index in [1.54, 1.807) is 18.5 Å². The minimum Gasteiger partial charge on any atom is -0.341 e. The Hall–Kier alpha value is -2.27. The lowest BCUT2D eigenvalue weighted by molar-refractivity contribution is -0.131. The van der Waals surface area contributed by atoms with Gasteiger partial charge in [-0.25, -0.2) is 9.97 Å². The van der Waals surface area contributed by atoms with E-state index in [-0.39, 0.29) is 5.91 Å². The minimum atomic E-state index is -0.461. The molecule has 1 atom stereocenters. The molecule has 0 saturated carbocycles. The number of likely N-dealkylation sites (tertiary alicyclic amines) is 1. The molecule has 3 rings (SSSR count). The van der Waals surface area contributed by atoms with E-state index >= 15 is 0 Å². The third-order valence-corrected chi connectivity index (χ3v) is 3.97. The molecule has 1 saturated heterocycles. The maximum absolute atomic E-state index is 12.2. The average Bonchev–Trinajstić information content (AvgIpc) is 3.10. The van der Waals surface area contributed by atoms with Gasteiger partial charge >= 0.3 is 0 Å². The summed E-state index contributed by atoms with van der Waals surface area (Å²) < 4.78 is 0. The van der Waals surface area contributed by atoms with Gasteiger partial charge in [-0.2, -0.15) is 0 Å². The maximum atomic E-state index is 12.2. The van der Waals surface area contributed by atoms with Crippen molar-refractivity contribution in [3.8, 4) is 11.4 Å². The molecule has 1 aromatic carbocycles. The summed E-state index contributed by atoms with van der Waals surface area (Å²) in [5.74, 6) is 0.763. The van der Waals surface area contributed by atoms with Gasteiger partial charge in [0.05, 0.1) is 6.04 Å². The molecule has 0 spiro atoms. The molecule has 0 bridgehead atoms. The van der Waals surface area contributed by atoms with Crippen LogP contribution in [0.25, 0.3) is 11.4 Å². The molecule has 2 aromatic rings. The Balaban J connectivity index is 1.64. The Morgan fingerprint density at radius 2 is 1.77 bits per heavy atom. The van der Waals surface area contributed by atoms with Crippen molar-refractivity contribution in [1.82, 2.24) is 14.9 Å². The number of nitrogens with two attached hydrogens (primary N) is 1. The van der Waals surface area contributed by atoms with Crippen molar-refractivity contribution < 1.29 is 4.79 Å². The van der Waals surface area contributed by atoms with Crippen LogP contribution in [0.4, 0.5) is 0 Å². The van der Waals surface area contributed by atoms with Crippen LogP contribution in [0.1, 0.15) is 18.4 Å². The number of rotatable bonds is 4. The van der Waals surface area contributed by atoms with E-state index in [4.69, 9.17) is 5.73 Å². The zero-order valence-electron chi connectivity index (χ0n) is 12.5. The molecular weight excluding hydrogens is 276 g/mol. The smallest absolute Gasteiger partial charge is 0.239 e. The van der Waals surface area contributed by atoms with Crippen LogP contribution in [0.3, 0.4) is 0 Å². The first-order valence-corrected chi connectivity index (χ1v) is 7.65. The van der Waals surface area contributed by atoms with E-state index in [9.17, 15) is 4.79 Å². The Kier molecular flexibility index (Phi) is 4.44. The molecule has 2 heterocycles. The second-order valence-electron chi connectivity index (χ2n) is 5.61. The van der Waals surface area contributed by atoms with E-state index in [1.807, 2.05) is 29.2 Å². The second-order valence-corrected chi connectivity index (χ2v) is 5.61. The van der Waals surface area contributed by atoms with Crippen molar-refractivity contribution in [1.29, 1.82) is 0 Å². The molecule has 0 aliphatic carbocycles. The molecule has 1 aromatic heterocycles. The molecule has 5 heteroatoms. The molecule has 22 heavy (non-hydrogen) atoms. The number of nitrogens with zero attached hydrogens (tertiary/aromatic N) is 3. The van der Waals surface area contributed by atoms with Gasteiger partial charge in [-0.15, -0.1) is 0 Å². The van der Waals surface area contributed by atoms with Crippen LogP contribution in [-0.2, 0) is 11.2 Å². The monoisotopic (exact) mass is 296 g/mol. The summed E-state index contributed by atoms with van der Waals surface area (Å²) in [5, 5.41) is 0. The van der Waals surface area contributed by atoms with Gasteiger partial charge in [0, 0.05) is 31.0 Å². The molecule has 2 N–H and O–H groups in total. The molecule has 114 valence electrons. The first kappa shape index (κ1) is 14.7. The fraction of sp³-hybridized carbons (Fsp3) is 0.353. The summed E-state index contributed by atoms with van der Waals surface area (Å²) in [7, 11) is 0. The third-order valence-electron chi connectivity index (χ3n) is 3.97. The SMILES string of the molecule is N[C@H](Cc1ccc(-c2ncccn2)cc1)C(=O)N1CCCC1. The predicted molar refractivity (Wildman–Crippen MR) is 85.0 cm³/mol. The van der Waals surface area contributed by atoms with Gasteiger partial charge in [-0.05, 0) is 30.9 Å². The fourth-order valence-corrected chi connectivity index (χ4v) is 2.75. The molecule has 1 aliphatic rings. The lowest BCUT2D eigenvalue weighted by atomic mass is 10.0. The second kappa shape index (κ2) is 6.66. The van der Waals surface area contributed by atoms with Crippen LogP contribution in [-0.4, -0.2) is 39.9 Å². The van der Waals surface area contributed by atoms with Gasteiger partial charge in [-0.1, -0.05) is 24.3 Å². The number of amides is 1. The van der Waals surface area contributed by atoms with E-state index < -0.39 is 6.04 Å². The van der Waals surface area contributed by atoms with Crippen molar-refractivity contribution >= 4 is 5.91 Å². The lowest BCUT2D eigenvalue weighted by Crippen LogP contribution is -2.43. The van der Waals surface area contributed by atoms with Crippen molar-refractivity contribution in [2.24, 2.45) is 5.73 Å². The largest absolute Gasteiger partial charge is 0.341 e. The van der Waals surface area contributed by atoms with Gasteiger partial charge in [0.25, 0.3) is 0 Å². The lowest BCUT2D eigenvalue weighted by Gasteiger charge is -2.20. The number of hydrogen-bond acceptors (Lipinski definition) is 4. The highest BCUT2D eigenvalue weighted by Gasteiger charge is 2.23. The van der Waals surface area contributed by atoms with Crippen LogP contribution >= 0.6 is 0 Å². The van der Waals surface area contributed by atoms with Crippen molar-refractivity contribution in [3.63, 3.8) is 0 Å². The molecule has 0 radical (unpaired) electrons. The van der Waals surface area contributed by atoms with Gasteiger partial charge in [0.2, 0.25) is 5.91 Å². The highest BCUT2D eigenvalue weighted by atomic mass is 16.2. The van der Waals surface area contributed by atoms with Crippen molar-refractivity contribution in [3.05, 3.63) is 48.3 Å². The average molecular weight is 296 g/mol. The Morgan fingerprint density at radius 3 is 2.41 bits per heavy atom. The molecule has 1 fully saturated rings. The van der Waals surface area contributed by atoms with Crippen LogP contribution in [0.15, 0.2) is 42.7 Å². The predicted octanol–water partition coefficient (Wildman–Crippen LogP) is 1.64. The van der Waals surface area contributed by atoms with Crippen LogP contribution in [0, 0.1) is 0 Å². The summed E-state index contributed by atoms with van der Waals surface area (Å²) in [6.45, 7) is 1.69. The number of carbonyl (C=O) groups excluding carboxylic acids is 1. The Labute approximate surface area is 130 Å². The van der Waals surface area contributed by atoms with Gasteiger partial charge in [0.1, 0.15) is 0 Å². The van der Waals surface area contributed by atoms with Crippen LogP contribution < -0.4 is 5.73 Å². The molecule has 1 amide bonds. The number of carbonyl (C=O) groups is 1. The minimum absolute atomic E-state index is 0.0629. The zero-order chi connectivity index (χ0) is 15.4. The van der Waals surface area contributed by atoms with E-state index in [2.05, 4.69) is 9.97 Å². The summed E-state index contributed by atoms with van der Waals surface area (Å²) in [4.78, 5) is 22.5. The van der Waals surface area contributed by atoms with Gasteiger partial charge in [-0.3, -0.25) is 4.79 Å². The maximum Gasteiger partial charge on any atom is 0.239 e. The summed E-state index contributed by atoms with van der Waals surface area (Å²) in [5.41, 5.74) is 8.08. The first-order chi connectivity index (χ1) is 10.7. The number of benzene rings is 1. The first-order valence-electron chi connectivity index (χ1n) is 7.65. The van der Waals surface area contributed by atoms with Crippen LogP contribution in [0.2, 0.25) is 0 Å². The highest BCUT2D eigenvalue weighted by Crippen LogP contribution is 2.16. The number of aromatic nitrogens is 2. The topological polar surface area (TPSA) is 72.1 Å². The summed E-state index contributed by atoms with van der Waals surface area (Å²) in [6.07, 6.45) is 6.18. The standard InChI is InChI=1S/C17H20N4O/c18-15(17(22)21-10-1-2-11-21)12-13-4-6-14(7-5-13)16-19-8-3-9-20-16/h3-9,15H,1-2,10-12,18H2/t15-/m1/s1. The molecule has 1 aliphatic heterocycles. The van der Waals surface area contributed by atoms with E-state index in [0.29, 0.717) is 12.2 Å². The van der Waals surface area contributed by atoms with Crippen LogP contribution in [0.5, 0.6) is 0 Å². The third kappa shape index (κ3) is 3.31. The number of hydrogen-bond donors (Lipinski definition) is 1.